The highest BCUT2D eigenvalue weighted by molar-refractivity contribution is 5.37. The van der Waals surface area contributed by atoms with Gasteiger partial charge in [0.05, 0.1) is 17.3 Å². The van der Waals surface area contributed by atoms with Gasteiger partial charge in [0, 0.05) is 19.2 Å². The van der Waals surface area contributed by atoms with E-state index in [1.807, 2.05) is 0 Å². The first kappa shape index (κ1) is 11.1. The minimum absolute atomic E-state index is 0.0245. The van der Waals surface area contributed by atoms with Gasteiger partial charge in [0.15, 0.2) is 5.75 Å². The molecule has 0 unspecified atom stereocenters. The van der Waals surface area contributed by atoms with E-state index in [0.717, 1.165) is 0 Å². The van der Waals surface area contributed by atoms with E-state index in [2.05, 4.69) is 10.1 Å². The van der Waals surface area contributed by atoms with Crippen molar-refractivity contribution in [2.45, 2.75) is 6.92 Å². The molecule has 0 bridgehead atoms. The van der Waals surface area contributed by atoms with Crippen molar-refractivity contribution in [1.82, 2.24) is 14.8 Å². The van der Waals surface area contributed by atoms with Crippen molar-refractivity contribution < 1.29 is 9.66 Å². The molecule has 0 fully saturated rings. The molecule has 2 aromatic heterocycles. The Kier molecular flexibility index (Phi) is 2.73. The van der Waals surface area contributed by atoms with Crippen LogP contribution in [-0.2, 0) is 7.05 Å². The lowest BCUT2D eigenvalue weighted by Crippen LogP contribution is -1.95. The van der Waals surface area contributed by atoms with Crippen molar-refractivity contribution in [2.24, 2.45) is 7.05 Å². The molecule has 0 aliphatic heterocycles. The number of nitrogens with zero attached hydrogens (tertiary/aromatic N) is 4. The summed E-state index contributed by atoms with van der Waals surface area (Å²) in [7, 11) is 1.77. The molecule has 0 amide bonds. The fourth-order valence-electron chi connectivity index (χ4n) is 1.35. The Labute approximate surface area is 96.8 Å². The highest BCUT2D eigenvalue weighted by atomic mass is 16.6. The third-order valence-corrected chi connectivity index (χ3v) is 2.13. The minimum Gasteiger partial charge on any atom is -0.436 e. The van der Waals surface area contributed by atoms with E-state index >= 15 is 0 Å². The molecule has 2 aromatic rings. The van der Waals surface area contributed by atoms with Gasteiger partial charge in [0.2, 0.25) is 5.88 Å². The predicted molar refractivity (Wildman–Crippen MR) is 58.9 cm³/mol. The molecule has 2 heterocycles. The lowest BCUT2D eigenvalue weighted by molar-refractivity contribution is -0.385. The molecule has 2 rings (SSSR count). The number of hydrogen-bond donors (Lipinski definition) is 0. The van der Waals surface area contributed by atoms with E-state index in [1.54, 1.807) is 31.0 Å². The molecule has 7 nitrogen and oxygen atoms in total. The van der Waals surface area contributed by atoms with Crippen molar-refractivity contribution in [3.8, 4) is 11.6 Å². The largest absolute Gasteiger partial charge is 0.436 e. The number of rotatable bonds is 3. The van der Waals surface area contributed by atoms with Crippen molar-refractivity contribution in [3.63, 3.8) is 0 Å². The number of pyridine rings is 1. The zero-order chi connectivity index (χ0) is 12.4. The second kappa shape index (κ2) is 4.20. The molecule has 17 heavy (non-hydrogen) atoms. The molecule has 0 saturated heterocycles. The lowest BCUT2D eigenvalue weighted by Gasteiger charge is -2.02. The van der Waals surface area contributed by atoms with E-state index in [1.165, 1.54) is 12.1 Å². The van der Waals surface area contributed by atoms with Crippen LogP contribution in [0.25, 0.3) is 0 Å². The Morgan fingerprint density at radius 1 is 1.47 bits per heavy atom. The molecule has 0 atom stereocenters. The maximum atomic E-state index is 10.6. The number of aryl methyl sites for hydroxylation is 2. The van der Waals surface area contributed by atoms with Crippen molar-refractivity contribution >= 4 is 5.69 Å². The first-order valence-corrected chi connectivity index (χ1v) is 4.85. The van der Waals surface area contributed by atoms with Gasteiger partial charge >= 0.3 is 0 Å². The smallest absolute Gasteiger partial charge is 0.290 e. The molecule has 0 aromatic carbocycles. The van der Waals surface area contributed by atoms with E-state index in [4.69, 9.17) is 4.74 Å². The van der Waals surface area contributed by atoms with E-state index in [0.29, 0.717) is 17.3 Å². The van der Waals surface area contributed by atoms with Gasteiger partial charge < -0.3 is 4.74 Å². The Balaban J connectivity index is 2.23. The standard InChI is InChI=1S/C10H10N4O3/c1-7-9(14(15)16)3-4-10(12-7)17-8-5-11-13(2)6-8/h3-6H,1-2H3. The average Bonchev–Trinajstić information content (AvgIpc) is 2.63. The van der Waals surface area contributed by atoms with Gasteiger partial charge in [-0.25, -0.2) is 4.98 Å². The lowest BCUT2D eigenvalue weighted by atomic mass is 10.3. The summed E-state index contributed by atoms with van der Waals surface area (Å²) in [5, 5.41) is 14.5. The van der Waals surface area contributed by atoms with Crippen LogP contribution in [0.1, 0.15) is 5.69 Å². The van der Waals surface area contributed by atoms with Gasteiger partial charge in [-0.3, -0.25) is 14.8 Å². The fourth-order valence-corrected chi connectivity index (χ4v) is 1.35. The van der Waals surface area contributed by atoms with E-state index in [9.17, 15) is 10.1 Å². The summed E-state index contributed by atoms with van der Waals surface area (Å²) in [6, 6.07) is 2.83. The van der Waals surface area contributed by atoms with E-state index in [-0.39, 0.29) is 5.69 Å². The SMILES string of the molecule is Cc1nc(Oc2cnn(C)c2)ccc1[N+](=O)[O-]. The predicted octanol–water partition coefficient (Wildman–Crippen LogP) is 1.82. The quantitative estimate of drug-likeness (QED) is 0.597. The van der Waals surface area contributed by atoms with Crippen LogP contribution in [0.15, 0.2) is 24.5 Å². The topological polar surface area (TPSA) is 83.1 Å². The Hall–Kier alpha value is -2.44. The number of hydrogen-bond acceptors (Lipinski definition) is 5. The minimum atomic E-state index is -0.476. The molecule has 0 N–H and O–H groups in total. The second-order valence-electron chi connectivity index (χ2n) is 3.46. The number of aromatic nitrogens is 3. The zero-order valence-electron chi connectivity index (χ0n) is 9.32. The van der Waals surface area contributed by atoms with Gasteiger partial charge in [0.1, 0.15) is 5.69 Å². The Morgan fingerprint density at radius 2 is 2.24 bits per heavy atom. The zero-order valence-corrected chi connectivity index (χ0v) is 9.32. The van der Waals surface area contributed by atoms with Gasteiger partial charge in [-0.05, 0) is 6.92 Å². The monoisotopic (exact) mass is 234 g/mol. The number of ether oxygens (including phenoxy) is 1. The molecule has 0 aliphatic rings. The van der Waals surface area contributed by atoms with Crippen LogP contribution in [0, 0.1) is 17.0 Å². The third-order valence-electron chi connectivity index (χ3n) is 2.13. The van der Waals surface area contributed by atoms with Crippen LogP contribution in [0.4, 0.5) is 5.69 Å². The highest BCUT2D eigenvalue weighted by Gasteiger charge is 2.12. The second-order valence-corrected chi connectivity index (χ2v) is 3.46. The Morgan fingerprint density at radius 3 is 2.76 bits per heavy atom. The summed E-state index contributed by atoms with van der Waals surface area (Å²) in [4.78, 5) is 14.1. The fraction of sp³-hybridized carbons (Fsp3) is 0.200. The summed E-state index contributed by atoms with van der Waals surface area (Å²) in [6.45, 7) is 1.56. The van der Waals surface area contributed by atoms with Crippen molar-refractivity contribution in [1.29, 1.82) is 0 Å². The third kappa shape index (κ3) is 2.39. The average molecular weight is 234 g/mol. The van der Waals surface area contributed by atoms with Gasteiger partial charge in [-0.2, -0.15) is 5.10 Å². The first-order chi connectivity index (χ1) is 8.06. The first-order valence-electron chi connectivity index (χ1n) is 4.85. The molecule has 7 heteroatoms. The molecular weight excluding hydrogens is 224 g/mol. The van der Waals surface area contributed by atoms with Crippen LogP contribution in [-0.4, -0.2) is 19.7 Å². The van der Waals surface area contributed by atoms with Crippen molar-refractivity contribution in [3.05, 3.63) is 40.3 Å². The van der Waals surface area contributed by atoms with Crippen molar-refractivity contribution in [2.75, 3.05) is 0 Å². The van der Waals surface area contributed by atoms with Crippen LogP contribution in [0.2, 0.25) is 0 Å². The summed E-state index contributed by atoms with van der Waals surface area (Å²) in [6.07, 6.45) is 3.22. The molecule has 0 saturated carbocycles. The van der Waals surface area contributed by atoms with Gasteiger partial charge in [-0.15, -0.1) is 0 Å². The molecule has 88 valence electrons. The summed E-state index contributed by atoms with van der Waals surface area (Å²) in [5.74, 6) is 0.842. The number of nitro groups is 1. The molecule has 0 aliphatic carbocycles. The normalized spacial score (nSPS) is 10.2. The van der Waals surface area contributed by atoms with Gasteiger partial charge in [0.25, 0.3) is 5.69 Å². The maximum absolute atomic E-state index is 10.6. The summed E-state index contributed by atoms with van der Waals surface area (Å²) < 4.78 is 6.99. The molecule has 0 spiro atoms. The highest BCUT2D eigenvalue weighted by Crippen LogP contribution is 2.23. The molecule has 0 radical (unpaired) electrons. The van der Waals surface area contributed by atoms with Crippen LogP contribution < -0.4 is 4.74 Å². The molecular formula is C10H10N4O3. The summed E-state index contributed by atoms with van der Waals surface area (Å²) in [5.41, 5.74) is 0.292. The van der Waals surface area contributed by atoms with E-state index < -0.39 is 4.92 Å². The maximum Gasteiger partial charge on any atom is 0.290 e. The summed E-state index contributed by atoms with van der Waals surface area (Å²) >= 11 is 0. The Bertz CT molecular complexity index is 564. The van der Waals surface area contributed by atoms with Crippen LogP contribution in [0.3, 0.4) is 0 Å². The van der Waals surface area contributed by atoms with Gasteiger partial charge in [-0.1, -0.05) is 0 Å². The van der Waals surface area contributed by atoms with Crippen LogP contribution in [0.5, 0.6) is 11.6 Å². The van der Waals surface area contributed by atoms with Crippen LogP contribution >= 0.6 is 0 Å².